The Morgan fingerprint density at radius 1 is 1.24 bits per heavy atom. The van der Waals surface area contributed by atoms with E-state index in [-0.39, 0.29) is 6.10 Å². The van der Waals surface area contributed by atoms with Crippen LogP contribution in [-0.4, -0.2) is 44.4 Å². The van der Waals surface area contributed by atoms with Gasteiger partial charge in [-0.2, -0.15) is 5.10 Å². The van der Waals surface area contributed by atoms with Crippen LogP contribution in [0.25, 0.3) is 0 Å². The lowest BCUT2D eigenvalue weighted by Crippen LogP contribution is -2.36. The monoisotopic (exact) mass is 341 g/mol. The van der Waals surface area contributed by atoms with Gasteiger partial charge < -0.3 is 9.84 Å². The number of rotatable bonds is 6. The van der Waals surface area contributed by atoms with Crippen molar-refractivity contribution in [3.05, 3.63) is 48.3 Å². The molecule has 6 heteroatoms. The molecular weight excluding hydrogens is 318 g/mol. The summed E-state index contributed by atoms with van der Waals surface area (Å²) in [5.41, 5.74) is 1.09. The van der Waals surface area contributed by atoms with E-state index in [9.17, 15) is 9.90 Å². The van der Waals surface area contributed by atoms with Crippen molar-refractivity contribution in [2.24, 2.45) is 0 Å². The number of aliphatic carboxylic acids is 1. The molecule has 1 saturated heterocycles. The van der Waals surface area contributed by atoms with Crippen LogP contribution < -0.4 is 4.74 Å². The third-order valence-electron chi connectivity index (χ3n) is 5.23. The molecule has 2 atom stereocenters. The molecule has 1 aliphatic heterocycles. The Morgan fingerprint density at radius 3 is 2.72 bits per heavy atom. The number of aromatic nitrogens is 2. The molecule has 1 saturated carbocycles. The minimum Gasteiger partial charge on any atom is -0.489 e. The van der Waals surface area contributed by atoms with E-state index in [1.807, 2.05) is 47.5 Å². The first-order valence-corrected chi connectivity index (χ1v) is 8.91. The molecule has 1 N–H and O–H groups in total. The molecule has 0 bridgehead atoms. The summed E-state index contributed by atoms with van der Waals surface area (Å²) in [6.07, 6.45) is 5.79. The van der Waals surface area contributed by atoms with Crippen LogP contribution in [0, 0.1) is 0 Å². The molecule has 4 rings (SSSR count). The number of hydrogen-bond donors (Lipinski definition) is 1. The van der Waals surface area contributed by atoms with Gasteiger partial charge in [-0.25, -0.2) is 0 Å². The molecule has 0 unspecified atom stereocenters. The van der Waals surface area contributed by atoms with Gasteiger partial charge in [-0.3, -0.25) is 14.4 Å². The Bertz CT molecular complexity index is 727. The van der Waals surface area contributed by atoms with Gasteiger partial charge in [0.2, 0.25) is 0 Å². The maximum Gasteiger partial charge on any atom is 0.321 e. The zero-order valence-corrected chi connectivity index (χ0v) is 14.1. The van der Waals surface area contributed by atoms with Gasteiger partial charge in [-0.1, -0.05) is 18.2 Å². The molecule has 25 heavy (non-hydrogen) atoms. The zero-order chi connectivity index (χ0) is 17.2. The van der Waals surface area contributed by atoms with Crippen LogP contribution in [0.4, 0.5) is 0 Å². The van der Waals surface area contributed by atoms with Crippen LogP contribution in [0.3, 0.4) is 0 Å². The van der Waals surface area contributed by atoms with E-state index in [2.05, 4.69) is 9.78 Å². The molecular formula is C19H23N3O3. The summed E-state index contributed by atoms with van der Waals surface area (Å²) in [5, 5.41) is 14.1. The summed E-state index contributed by atoms with van der Waals surface area (Å²) < 4.78 is 8.06. The summed E-state index contributed by atoms with van der Waals surface area (Å²) in [7, 11) is 0. The maximum atomic E-state index is 11.7. The van der Waals surface area contributed by atoms with Gasteiger partial charge in [0, 0.05) is 25.7 Å². The van der Waals surface area contributed by atoms with E-state index in [4.69, 9.17) is 4.74 Å². The topological polar surface area (TPSA) is 67.6 Å². The summed E-state index contributed by atoms with van der Waals surface area (Å²) in [4.78, 5) is 13.7. The number of carboxylic acids is 1. The minimum absolute atomic E-state index is 0.108. The van der Waals surface area contributed by atoms with Crippen LogP contribution in [0.15, 0.2) is 42.6 Å². The third kappa shape index (κ3) is 3.39. The molecule has 2 aliphatic rings. The Kier molecular flexibility index (Phi) is 4.44. The number of carboxylic acid groups (broad SMARTS) is 1. The number of para-hydroxylation sites is 1. The Hall–Kier alpha value is -2.34. The normalized spacial score (nSPS) is 24.2. The lowest BCUT2D eigenvalue weighted by molar-refractivity contribution is -0.142. The standard InChI is InChI=1S/C19H23N3O3/c23-19(24)18-11-17(25-16-7-2-1-3-8-16)13-21(18)12-15-9-10-20-22(15)14-5-4-6-14/h1-3,7-10,14,17-18H,4-6,11-13H2,(H,23,24)/t17-,18-/m0/s1. The Balaban J connectivity index is 1.46. The second-order valence-electron chi connectivity index (χ2n) is 6.92. The highest BCUT2D eigenvalue weighted by Crippen LogP contribution is 2.33. The molecule has 2 heterocycles. The quantitative estimate of drug-likeness (QED) is 0.875. The van der Waals surface area contributed by atoms with Gasteiger partial charge in [-0.15, -0.1) is 0 Å². The lowest BCUT2D eigenvalue weighted by Gasteiger charge is -2.29. The number of hydrogen-bond acceptors (Lipinski definition) is 4. The average molecular weight is 341 g/mol. The number of likely N-dealkylation sites (tertiary alicyclic amines) is 1. The van der Waals surface area contributed by atoms with Gasteiger partial charge in [0.15, 0.2) is 0 Å². The molecule has 0 amide bonds. The molecule has 1 aromatic carbocycles. The van der Waals surface area contributed by atoms with Crippen molar-refractivity contribution in [2.75, 3.05) is 6.54 Å². The van der Waals surface area contributed by atoms with Crippen molar-refractivity contribution in [1.29, 1.82) is 0 Å². The van der Waals surface area contributed by atoms with Crippen LogP contribution in [0.5, 0.6) is 5.75 Å². The molecule has 1 aromatic heterocycles. The first-order valence-electron chi connectivity index (χ1n) is 8.91. The molecule has 132 valence electrons. The van der Waals surface area contributed by atoms with E-state index in [1.165, 1.54) is 6.42 Å². The fourth-order valence-corrected chi connectivity index (χ4v) is 3.71. The Morgan fingerprint density at radius 2 is 2.04 bits per heavy atom. The van der Waals surface area contributed by atoms with E-state index in [0.29, 0.717) is 25.6 Å². The van der Waals surface area contributed by atoms with Crippen LogP contribution in [0.2, 0.25) is 0 Å². The predicted molar refractivity (Wildman–Crippen MR) is 92.4 cm³/mol. The van der Waals surface area contributed by atoms with Gasteiger partial charge in [0.1, 0.15) is 17.9 Å². The van der Waals surface area contributed by atoms with Gasteiger partial charge in [-0.05, 0) is 37.5 Å². The van der Waals surface area contributed by atoms with Crippen LogP contribution in [-0.2, 0) is 11.3 Å². The summed E-state index contributed by atoms with van der Waals surface area (Å²) >= 11 is 0. The SMILES string of the molecule is O=C(O)[C@@H]1C[C@H](Oc2ccccc2)CN1Cc1ccnn1C1CCC1. The van der Waals surface area contributed by atoms with Crippen molar-refractivity contribution < 1.29 is 14.6 Å². The van der Waals surface area contributed by atoms with Gasteiger partial charge in [0.25, 0.3) is 0 Å². The van der Waals surface area contributed by atoms with Crippen molar-refractivity contribution in [1.82, 2.24) is 14.7 Å². The molecule has 1 aliphatic carbocycles. The van der Waals surface area contributed by atoms with E-state index in [1.54, 1.807) is 0 Å². The van der Waals surface area contributed by atoms with Gasteiger partial charge in [0.05, 0.1) is 11.7 Å². The van der Waals surface area contributed by atoms with Crippen molar-refractivity contribution in [3.63, 3.8) is 0 Å². The Labute approximate surface area is 147 Å². The molecule has 2 fully saturated rings. The van der Waals surface area contributed by atoms with Crippen LogP contribution >= 0.6 is 0 Å². The number of benzene rings is 1. The number of carbonyl (C=O) groups is 1. The smallest absolute Gasteiger partial charge is 0.321 e. The van der Waals surface area contributed by atoms with E-state index < -0.39 is 12.0 Å². The second kappa shape index (κ2) is 6.88. The summed E-state index contributed by atoms with van der Waals surface area (Å²) in [5.74, 6) is 0.00636. The van der Waals surface area contributed by atoms with Gasteiger partial charge >= 0.3 is 5.97 Å². The summed E-state index contributed by atoms with van der Waals surface area (Å²) in [6.45, 7) is 1.21. The molecule has 2 aromatic rings. The second-order valence-corrected chi connectivity index (χ2v) is 6.92. The number of nitrogens with zero attached hydrogens (tertiary/aromatic N) is 3. The third-order valence-corrected chi connectivity index (χ3v) is 5.23. The molecule has 6 nitrogen and oxygen atoms in total. The zero-order valence-electron chi connectivity index (χ0n) is 14.1. The predicted octanol–water partition coefficient (Wildman–Crippen LogP) is 2.71. The first-order chi connectivity index (χ1) is 12.2. The van der Waals surface area contributed by atoms with E-state index in [0.717, 1.165) is 24.3 Å². The maximum absolute atomic E-state index is 11.7. The largest absolute Gasteiger partial charge is 0.489 e. The van der Waals surface area contributed by atoms with E-state index >= 15 is 0 Å². The number of ether oxygens (including phenoxy) is 1. The summed E-state index contributed by atoms with van der Waals surface area (Å²) in [6, 6.07) is 11.6. The molecule has 0 radical (unpaired) electrons. The van der Waals surface area contributed by atoms with Crippen molar-refractivity contribution in [2.45, 2.75) is 50.4 Å². The fourth-order valence-electron chi connectivity index (χ4n) is 3.71. The molecule has 0 spiro atoms. The lowest BCUT2D eigenvalue weighted by atomic mass is 9.93. The first kappa shape index (κ1) is 16.1. The van der Waals surface area contributed by atoms with Crippen LogP contribution in [0.1, 0.15) is 37.4 Å². The highest BCUT2D eigenvalue weighted by atomic mass is 16.5. The fraction of sp³-hybridized carbons (Fsp3) is 0.474. The van der Waals surface area contributed by atoms with Crippen molar-refractivity contribution >= 4 is 5.97 Å². The van der Waals surface area contributed by atoms with Crippen molar-refractivity contribution in [3.8, 4) is 5.75 Å². The highest BCUT2D eigenvalue weighted by Gasteiger charge is 2.38. The highest BCUT2D eigenvalue weighted by molar-refractivity contribution is 5.74. The minimum atomic E-state index is -0.783. The average Bonchev–Trinajstić information content (AvgIpc) is 3.15.